The topological polar surface area (TPSA) is 29.5 Å². The maximum atomic E-state index is 9.01. The van der Waals surface area contributed by atoms with Crippen molar-refractivity contribution in [2.45, 2.75) is 19.6 Å². The predicted octanol–water partition coefficient (Wildman–Crippen LogP) is 3.54. The Bertz CT molecular complexity index is 340. The minimum Gasteiger partial charge on any atom is -0.391 e. The van der Waals surface area contributed by atoms with Crippen LogP contribution in [0.5, 0.6) is 0 Å². The van der Waals surface area contributed by atoms with E-state index in [9.17, 15) is 0 Å². The van der Waals surface area contributed by atoms with Gasteiger partial charge in [0.25, 0.3) is 0 Å². The van der Waals surface area contributed by atoms with Gasteiger partial charge in [-0.15, -0.1) is 0 Å². The van der Waals surface area contributed by atoms with E-state index in [4.69, 9.17) is 44.6 Å². The van der Waals surface area contributed by atoms with E-state index in [1.165, 1.54) is 0 Å². The van der Waals surface area contributed by atoms with Crippen molar-refractivity contribution in [1.29, 1.82) is 0 Å². The Labute approximate surface area is 104 Å². The van der Waals surface area contributed by atoms with Crippen molar-refractivity contribution in [3.63, 3.8) is 0 Å². The third kappa shape index (κ3) is 3.82. The lowest BCUT2D eigenvalue weighted by atomic mass is 10.2. The van der Waals surface area contributed by atoms with Crippen molar-refractivity contribution in [3.05, 3.63) is 32.8 Å². The SMILES string of the molecule is C[C@@H](O)COCc1c(Cl)ccc(Cl)c1Cl. The zero-order valence-electron chi connectivity index (χ0n) is 8.14. The molecule has 0 saturated heterocycles. The summed E-state index contributed by atoms with van der Waals surface area (Å²) >= 11 is 17.7. The van der Waals surface area contributed by atoms with Crippen molar-refractivity contribution >= 4 is 34.8 Å². The Kier molecular flexibility index (Phi) is 5.16. The molecule has 1 rings (SSSR count). The molecule has 0 radical (unpaired) electrons. The van der Waals surface area contributed by atoms with Gasteiger partial charge in [-0.2, -0.15) is 0 Å². The third-order valence-corrected chi connectivity index (χ3v) is 2.94. The van der Waals surface area contributed by atoms with Gasteiger partial charge in [-0.25, -0.2) is 0 Å². The first kappa shape index (κ1) is 13.1. The van der Waals surface area contributed by atoms with Crippen LogP contribution in [-0.4, -0.2) is 17.8 Å². The average molecular weight is 270 g/mol. The molecule has 2 nitrogen and oxygen atoms in total. The fourth-order valence-electron chi connectivity index (χ4n) is 1.03. The molecule has 0 aliphatic rings. The lowest BCUT2D eigenvalue weighted by Crippen LogP contribution is -2.10. The molecule has 1 N–H and O–H groups in total. The van der Waals surface area contributed by atoms with E-state index >= 15 is 0 Å². The molecule has 0 spiro atoms. The number of benzene rings is 1. The molecule has 1 aromatic carbocycles. The minimum absolute atomic E-state index is 0.235. The van der Waals surface area contributed by atoms with Gasteiger partial charge >= 0.3 is 0 Å². The highest BCUT2D eigenvalue weighted by atomic mass is 35.5. The van der Waals surface area contributed by atoms with Gasteiger partial charge in [-0.05, 0) is 19.1 Å². The van der Waals surface area contributed by atoms with Crippen molar-refractivity contribution in [2.75, 3.05) is 6.61 Å². The van der Waals surface area contributed by atoms with Crippen LogP contribution in [0.25, 0.3) is 0 Å². The summed E-state index contributed by atoms with van der Waals surface area (Å²) in [7, 11) is 0. The van der Waals surface area contributed by atoms with Gasteiger partial charge in [0, 0.05) is 10.6 Å². The molecule has 15 heavy (non-hydrogen) atoms. The zero-order valence-corrected chi connectivity index (χ0v) is 10.4. The summed E-state index contributed by atoms with van der Waals surface area (Å²) in [6.07, 6.45) is -0.512. The molecule has 0 bridgehead atoms. The average Bonchev–Trinajstić information content (AvgIpc) is 2.17. The van der Waals surface area contributed by atoms with Crippen LogP contribution in [0, 0.1) is 0 Å². The van der Waals surface area contributed by atoms with Crippen LogP contribution in [0.15, 0.2) is 12.1 Å². The number of hydrogen-bond donors (Lipinski definition) is 1. The number of aliphatic hydroxyl groups excluding tert-OH is 1. The van der Waals surface area contributed by atoms with Gasteiger partial charge in [0.2, 0.25) is 0 Å². The van der Waals surface area contributed by atoms with Crippen LogP contribution in [0.2, 0.25) is 15.1 Å². The van der Waals surface area contributed by atoms with Gasteiger partial charge < -0.3 is 9.84 Å². The smallest absolute Gasteiger partial charge is 0.0747 e. The molecule has 0 heterocycles. The fourth-order valence-corrected chi connectivity index (χ4v) is 1.69. The van der Waals surface area contributed by atoms with E-state index in [1.54, 1.807) is 19.1 Å². The number of ether oxygens (including phenoxy) is 1. The maximum absolute atomic E-state index is 9.01. The highest BCUT2D eigenvalue weighted by molar-refractivity contribution is 6.44. The molecule has 0 aliphatic carbocycles. The molecular formula is C10H11Cl3O2. The molecule has 0 fully saturated rings. The molecule has 84 valence electrons. The summed E-state index contributed by atoms with van der Waals surface area (Å²) in [6, 6.07) is 3.29. The standard InChI is InChI=1S/C10H11Cl3O2/c1-6(14)4-15-5-7-8(11)2-3-9(12)10(7)13/h2-3,6,14H,4-5H2,1H3/t6-/m1/s1. The summed E-state index contributed by atoms with van der Waals surface area (Å²) in [5.74, 6) is 0. The summed E-state index contributed by atoms with van der Waals surface area (Å²) < 4.78 is 5.22. The first-order valence-electron chi connectivity index (χ1n) is 4.40. The van der Waals surface area contributed by atoms with Gasteiger partial charge in [-0.3, -0.25) is 0 Å². The number of rotatable bonds is 4. The van der Waals surface area contributed by atoms with Crippen molar-refractivity contribution < 1.29 is 9.84 Å². The molecule has 0 unspecified atom stereocenters. The van der Waals surface area contributed by atoms with Crippen LogP contribution < -0.4 is 0 Å². The molecule has 5 heteroatoms. The normalized spacial score (nSPS) is 12.9. The first-order valence-corrected chi connectivity index (χ1v) is 5.54. The Balaban J connectivity index is 2.71. The summed E-state index contributed by atoms with van der Waals surface area (Å²) in [6.45, 7) is 2.11. The summed E-state index contributed by atoms with van der Waals surface area (Å²) in [5, 5.41) is 10.4. The van der Waals surface area contributed by atoms with Crippen molar-refractivity contribution in [1.82, 2.24) is 0 Å². The lowest BCUT2D eigenvalue weighted by molar-refractivity contribution is 0.0376. The van der Waals surface area contributed by atoms with Crippen LogP contribution >= 0.6 is 34.8 Å². The minimum atomic E-state index is -0.512. The molecule has 0 aromatic heterocycles. The highest BCUT2D eigenvalue weighted by Gasteiger charge is 2.09. The molecular weight excluding hydrogens is 258 g/mol. The molecule has 0 aliphatic heterocycles. The third-order valence-electron chi connectivity index (χ3n) is 1.74. The predicted molar refractivity (Wildman–Crippen MR) is 62.8 cm³/mol. The Hall–Kier alpha value is 0.01000. The Morgan fingerprint density at radius 1 is 1.27 bits per heavy atom. The maximum Gasteiger partial charge on any atom is 0.0747 e. The van der Waals surface area contributed by atoms with Gasteiger partial charge in [0.05, 0.1) is 29.4 Å². The lowest BCUT2D eigenvalue weighted by Gasteiger charge is -2.10. The number of aliphatic hydroxyl groups is 1. The summed E-state index contributed by atoms with van der Waals surface area (Å²) in [4.78, 5) is 0. The molecule has 1 aromatic rings. The molecule has 1 atom stereocenters. The van der Waals surface area contributed by atoms with Gasteiger partial charge in [-0.1, -0.05) is 34.8 Å². The Morgan fingerprint density at radius 2 is 1.87 bits per heavy atom. The fraction of sp³-hybridized carbons (Fsp3) is 0.400. The van der Waals surface area contributed by atoms with E-state index in [0.717, 1.165) is 0 Å². The van der Waals surface area contributed by atoms with E-state index in [2.05, 4.69) is 0 Å². The second-order valence-electron chi connectivity index (χ2n) is 3.19. The summed E-state index contributed by atoms with van der Waals surface area (Å²) in [5.41, 5.74) is 0.645. The van der Waals surface area contributed by atoms with Crippen LogP contribution in [0.4, 0.5) is 0 Å². The van der Waals surface area contributed by atoms with Crippen LogP contribution in [0.3, 0.4) is 0 Å². The van der Waals surface area contributed by atoms with Gasteiger partial charge in [0.15, 0.2) is 0 Å². The second-order valence-corrected chi connectivity index (χ2v) is 4.38. The van der Waals surface area contributed by atoms with E-state index in [0.29, 0.717) is 20.6 Å². The van der Waals surface area contributed by atoms with Crippen molar-refractivity contribution in [3.8, 4) is 0 Å². The van der Waals surface area contributed by atoms with Gasteiger partial charge in [0.1, 0.15) is 0 Å². The van der Waals surface area contributed by atoms with E-state index in [-0.39, 0.29) is 13.2 Å². The van der Waals surface area contributed by atoms with E-state index < -0.39 is 6.10 Å². The van der Waals surface area contributed by atoms with Crippen LogP contribution in [-0.2, 0) is 11.3 Å². The first-order chi connectivity index (χ1) is 7.02. The zero-order chi connectivity index (χ0) is 11.4. The molecule has 0 amide bonds. The molecule has 0 saturated carbocycles. The quantitative estimate of drug-likeness (QED) is 0.847. The number of halogens is 3. The second kappa shape index (κ2) is 5.92. The van der Waals surface area contributed by atoms with Crippen LogP contribution in [0.1, 0.15) is 12.5 Å². The monoisotopic (exact) mass is 268 g/mol. The Morgan fingerprint density at radius 3 is 2.47 bits per heavy atom. The van der Waals surface area contributed by atoms with E-state index in [1.807, 2.05) is 0 Å². The number of hydrogen-bond acceptors (Lipinski definition) is 2. The largest absolute Gasteiger partial charge is 0.391 e. The highest BCUT2D eigenvalue weighted by Crippen LogP contribution is 2.31. The van der Waals surface area contributed by atoms with Crippen molar-refractivity contribution in [2.24, 2.45) is 0 Å².